The second-order valence-electron chi connectivity index (χ2n) is 5.56. The standard InChI is InChI=1S/C18H14N6OS2/c1-11(25)20-12-5-4-6-13(9-12)21-17-23-24-18(27-17)26-16-10-19-14-7-2-3-8-15(14)22-16/h2-10H,1H3,(H,20,25)(H,21,23). The first kappa shape index (κ1) is 17.4. The summed E-state index contributed by atoms with van der Waals surface area (Å²) in [6.07, 6.45) is 1.73. The topological polar surface area (TPSA) is 92.7 Å². The summed E-state index contributed by atoms with van der Waals surface area (Å²) in [4.78, 5) is 20.2. The fourth-order valence-electron chi connectivity index (χ4n) is 2.38. The second kappa shape index (κ2) is 7.68. The summed E-state index contributed by atoms with van der Waals surface area (Å²) in [7, 11) is 0. The number of benzene rings is 2. The van der Waals surface area contributed by atoms with Crippen molar-refractivity contribution in [1.82, 2.24) is 20.2 Å². The second-order valence-corrected chi connectivity index (χ2v) is 7.80. The molecule has 2 N–H and O–H groups in total. The van der Waals surface area contributed by atoms with E-state index in [0.29, 0.717) is 5.13 Å². The Bertz CT molecular complexity index is 1110. The van der Waals surface area contributed by atoms with Gasteiger partial charge in [-0.3, -0.25) is 9.78 Å². The Morgan fingerprint density at radius 2 is 1.85 bits per heavy atom. The molecule has 0 saturated heterocycles. The lowest BCUT2D eigenvalue weighted by molar-refractivity contribution is -0.114. The van der Waals surface area contributed by atoms with E-state index in [9.17, 15) is 4.79 Å². The van der Waals surface area contributed by atoms with Crippen molar-refractivity contribution in [2.24, 2.45) is 0 Å². The summed E-state index contributed by atoms with van der Waals surface area (Å²) in [5.41, 5.74) is 3.25. The van der Waals surface area contributed by atoms with Crippen molar-refractivity contribution < 1.29 is 4.79 Å². The average Bonchev–Trinajstić information content (AvgIpc) is 3.08. The summed E-state index contributed by atoms with van der Waals surface area (Å²) >= 11 is 2.84. The summed E-state index contributed by atoms with van der Waals surface area (Å²) in [5.74, 6) is -0.113. The van der Waals surface area contributed by atoms with Crippen LogP contribution in [0.3, 0.4) is 0 Å². The molecule has 0 atom stereocenters. The van der Waals surface area contributed by atoms with Crippen LogP contribution in [0.4, 0.5) is 16.5 Å². The van der Waals surface area contributed by atoms with Crippen LogP contribution in [0, 0.1) is 0 Å². The van der Waals surface area contributed by atoms with Gasteiger partial charge in [-0.25, -0.2) is 4.98 Å². The lowest BCUT2D eigenvalue weighted by atomic mass is 10.3. The van der Waals surface area contributed by atoms with Gasteiger partial charge in [0.2, 0.25) is 11.0 Å². The SMILES string of the molecule is CC(=O)Nc1cccc(Nc2nnc(Sc3cnc4ccccc4n3)s2)c1. The number of anilines is 3. The molecule has 2 heterocycles. The zero-order valence-corrected chi connectivity index (χ0v) is 15.8. The molecule has 1 amide bonds. The van der Waals surface area contributed by atoms with E-state index >= 15 is 0 Å². The maximum absolute atomic E-state index is 11.2. The zero-order chi connectivity index (χ0) is 18.6. The molecule has 7 nitrogen and oxygen atoms in total. The van der Waals surface area contributed by atoms with Crippen molar-refractivity contribution in [2.75, 3.05) is 10.6 Å². The van der Waals surface area contributed by atoms with E-state index in [1.807, 2.05) is 48.5 Å². The Hall–Kier alpha value is -3.04. The lowest BCUT2D eigenvalue weighted by Gasteiger charge is -2.05. The van der Waals surface area contributed by atoms with E-state index in [2.05, 4.69) is 30.8 Å². The molecular formula is C18H14N6OS2. The highest BCUT2D eigenvalue weighted by Gasteiger charge is 2.09. The highest BCUT2D eigenvalue weighted by atomic mass is 32.2. The van der Waals surface area contributed by atoms with E-state index in [0.717, 1.165) is 31.8 Å². The molecule has 0 aliphatic carbocycles. The Balaban J connectivity index is 1.47. The van der Waals surface area contributed by atoms with Crippen molar-refractivity contribution >= 4 is 56.5 Å². The van der Waals surface area contributed by atoms with Crippen LogP contribution in [-0.4, -0.2) is 26.1 Å². The monoisotopic (exact) mass is 394 g/mol. The minimum atomic E-state index is -0.113. The van der Waals surface area contributed by atoms with Crippen LogP contribution >= 0.6 is 23.1 Å². The van der Waals surface area contributed by atoms with Crippen molar-refractivity contribution in [3.8, 4) is 0 Å². The number of hydrogen-bond donors (Lipinski definition) is 2. The Kier molecular flexibility index (Phi) is 4.95. The van der Waals surface area contributed by atoms with Crippen LogP contribution in [0.2, 0.25) is 0 Å². The molecule has 0 radical (unpaired) electrons. The van der Waals surface area contributed by atoms with Crippen LogP contribution in [0.1, 0.15) is 6.92 Å². The van der Waals surface area contributed by atoms with Gasteiger partial charge in [0.15, 0.2) is 4.34 Å². The van der Waals surface area contributed by atoms with E-state index in [1.54, 1.807) is 6.20 Å². The van der Waals surface area contributed by atoms with Gasteiger partial charge in [-0.2, -0.15) is 0 Å². The highest BCUT2D eigenvalue weighted by Crippen LogP contribution is 2.32. The predicted molar refractivity (Wildman–Crippen MR) is 108 cm³/mol. The van der Waals surface area contributed by atoms with Gasteiger partial charge in [-0.15, -0.1) is 10.2 Å². The summed E-state index contributed by atoms with van der Waals surface area (Å²) in [6, 6.07) is 15.2. The maximum Gasteiger partial charge on any atom is 0.221 e. The molecule has 4 rings (SSSR count). The molecule has 27 heavy (non-hydrogen) atoms. The lowest BCUT2D eigenvalue weighted by Crippen LogP contribution is -2.05. The number of rotatable bonds is 5. The summed E-state index contributed by atoms with van der Waals surface area (Å²) in [5, 5.41) is 15.7. The number of carbonyl (C=O) groups excluding carboxylic acids is 1. The molecule has 0 fully saturated rings. The van der Waals surface area contributed by atoms with E-state index < -0.39 is 0 Å². The number of para-hydroxylation sites is 2. The molecule has 0 aliphatic rings. The fraction of sp³-hybridized carbons (Fsp3) is 0.0556. The normalized spacial score (nSPS) is 10.7. The number of nitrogens with zero attached hydrogens (tertiary/aromatic N) is 4. The molecule has 0 saturated carbocycles. The maximum atomic E-state index is 11.2. The average molecular weight is 394 g/mol. The first-order valence-corrected chi connectivity index (χ1v) is 9.67. The largest absolute Gasteiger partial charge is 0.330 e. The zero-order valence-electron chi connectivity index (χ0n) is 14.2. The van der Waals surface area contributed by atoms with E-state index in [1.165, 1.54) is 30.0 Å². The number of nitrogens with one attached hydrogen (secondary N) is 2. The number of hydrogen-bond acceptors (Lipinski definition) is 8. The van der Waals surface area contributed by atoms with Crippen molar-refractivity contribution in [1.29, 1.82) is 0 Å². The van der Waals surface area contributed by atoms with Crippen LogP contribution in [0.15, 0.2) is 64.1 Å². The van der Waals surface area contributed by atoms with Crippen molar-refractivity contribution in [3.63, 3.8) is 0 Å². The predicted octanol–water partition coefficient (Wildman–Crippen LogP) is 4.33. The quantitative estimate of drug-likeness (QED) is 0.520. The molecule has 2 aromatic carbocycles. The summed E-state index contributed by atoms with van der Waals surface area (Å²) < 4.78 is 0.764. The fourth-order valence-corrected chi connectivity index (χ4v) is 4.05. The van der Waals surface area contributed by atoms with Gasteiger partial charge < -0.3 is 10.6 Å². The molecule has 0 aliphatic heterocycles. The van der Waals surface area contributed by atoms with Crippen LogP contribution < -0.4 is 10.6 Å². The minimum Gasteiger partial charge on any atom is -0.330 e. The van der Waals surface area contributed by atoms with Crippen molar-refractivity contribution in [2.45, 2.75) is 16.3 Å². The third kappa shape index (κ3) is 4.39. The molecule has 134 valence electrons. The van der Waals surface area contributed by atoms with Crippen LogP contribution in [-0.2, 0) is 4.79 Å². The van der Waals surface area contributed by atoms with Crippen LogP contribution in [0.25, 0.3) is 11.0 Å². The molecule has 2 aromatic heterocycles. The number of amides is 1. The minimum absolute atomic E-state index is 0.113. The number of aromatic nitrogens is 4. The molecule has 4 aromatic rings. The first-order valence-electron chi connectivity index (χ1n) is 8.03. The Morgan fingerprint density at radius 1 is 1.04 bits per heavy atom. The third-order valence-corrected chi connectivity index (χ3v) is 5.25. The Morgan fingerprint density at radius 3 is 2.70 bits per heavy atom. The van der Waals surface area contributed by atoms with Gasteiger partial charge in [-0.1, -0.05) is 29.5 Å². The number of fused-ring (bicyclic) bond motifs is 1. The molecular weight excluding hydrogens is 380 g/mol. The first-order chi connectivity index (χ1) is 13.2. The van der Waals surface area contributed by atoms with Gasteiger partial charge in [0.1, 0.15) is 5.03 Å². The third-order valence-electron chi connectivity index (χ3n) is 3.46. The highest BCUT2D eigenvalue weighted by molar-refractivity contribution is 8.01. The Labute approximate surface area is 163 Å². The van der Waals surface area contributed by atoms with Crippen LogP contribution in [0.5, 0.6) is 0 Å². The molecule has 0 bridgehead atoms. The molecule has 9 heteroatoms. The number of carbonyl (C=O) groups is 1. The van der Waals surface area contributed by atoms with E-state index in [4.69, 9.17) is 0 Å². The smallest absolute Gasteiger partial charge is 0.221 e. The summed E-state index contributed by atoms with van der Waals surface area (Å²) in [6.45, 7) is 1.48. The van der Waals surface area contributed by atoms with Gasteiger partial charge >= 0.3 is 0 Å². The van der Waals surface area contributed by atoms with Gasteiger partial charge in [-0.05, 0) is 42.1 Å². The van der Waals surface area contributed by atoms with Gasteiger partial charge in [0.25, 0.3) is 0 Å². The van der Waals surface area contributed by atoms with Gasteiger partial charge in [0, 0.05) is 18.3 Å². The molecule has 0 unspecified atom stereocenters. The van der Waals surface area contributed by atoms with Crippen molar-refractivity contribution in [3.05, 3.63) is 54.7 Å². The van der Waals surface area contributed by atoms with E-state index in [-0.39, 0.29) is 5.91 Å². The molecule has 0 spiro atoms. The van der Waals surface area contributed by atoms with Gasteiger partial charge in [0.05, 0.1) is 17.2 Å².